The monoisotopic (exact) mass is 304 g/mol. The largest absolute Gasteiger partial charge is 0.0991 e. The lowest BCUT2D eigenvalue weighted by Crippen LogP contribution is -2.31. The van der Waals surface area contributed by atoms with Crippen LogP contribution >= 0.6 is 0 Å². The maximum atomic E-state index is 3.46. The second-order valence-corrected chi connectivity index (χ2v) is 6.99. The average Bonchev–Trinajstić information content (AvgIpc) is 2.50. The maximum absolute atomic E-state index is 3.46. The van der Waals surface area contributed by atoms with Crippen LogP contribution in [0.5, 0.6) is 0 Å². The van der Waals surface area contributed by atoms with Gasteiger partial charge in [0.2, 0.25) is 0 Å². The van der Waals surface area contributed by atoms with Crippen LogP contribution in [0, 0.1) is 23.7 Å². The highest BCUT2D eigenvalue weighted by Crippen LogP contribution is 2.45. The molecule has 0 heteroatoms. The number of rotatable bonds is 2. The summed E-state index contributed by atoms with van der Waals surface area (Å²) in [7, 11) is 0. The molecule has 128 valence electrons. The summed E-state index contributed by atoms with van der Waals surface area (Å²) in [5, 5.41) is 0. The Hall–Kier alpha value is -0.780. The Bertz CT molecular complexity index is 310. The number of hydrogen-bond acceptors (Lipinski definition) is 0. The van der Waals surface area contributed by atoms with E-state index in [2.05, 4.69) is 39.5 Å². The minimum atomic E-state index is 1.02. The quantitative estimate of drug-likeness (QED) is 0.364. The third kappa shape index (κ3) is 9.28. The van der Waals surface area contributed by atoms with Gasteiger partial charge in [-0.05, 0) is 56.8 Å². The smallest absolute Gasteiger partial charge is 0.0360 e. The van der Waals surface area contributed by atoms with E-state index in [9.17, 15) is 0 Å². The third-order valence-electron chi connectivity index (χ3n) is 5.07. The van der Waals surface area contributed by atoms with E-state index in [1.54, 1.807) is 12.5 Å². The van der Waals surface area contributed by atoms with Crippen LogP contribution < -0.4 is 0 Å². The van der Waals surface area contributed by atoms with Gasteiger partial charge in [0.15, 0.2) is 0 Å². The molecule has 2 saturated carbocycles. The topological polar surface area (TPSA) is 0 Å². The highest BCUT2D eigenvalue weighted by Gasteiger charge is 2.34. The first-order chi connectivity index (χ1) is 10.6. The van der Waals surface area contributed by atoms with Crippen LogP contribution in [0.15, 0.2) is 37.0 Å². The van der Waals surface area contributed by atoms with Crippen molar-refractivity contribution in [2.75, 3.05) is 0 Å². The van der Waals surface area contributed by atoms with E-state index < -0.39 is 0 Å². The molecule has 0 aromatic carbocycles. The summed E-state index contributed by atoms with van der Waals surface area (Å²) in [5.41, 5.74) is 0. The van der Waals surface area contributed by atoms with Crippen LogP contribution in [-0.4, -0.2) is 0 Å². The van der Waals surface area contributed by atoms with Crippen molar-refractivity contribution in [3.05, 3.63) is 37.0 Å². The first-order valence-corrected chi connectivity index (χ1v) is 9.45. The van der Waals surface area contributed by atoms with E-state index in [1.165, 1.54) is 32.1 Å². The van der Waals surface area contributed by atoms with Gasteiger partial charge in [0.05, 0.1) is 0 Å². The van der Waals surface area contributed by atoms with E-state index in [-0.39, 0.29) is 0 Å². The van der Waals surface area contributed by atoms with Crippen molar-refractivity contribution in [2.45, 2.75) is 79.6 Å². The fourth-order valence-corrected chi connectivity index (χ4v) is 3.89. The molecule has 0 N–H and O–H groups in total. The van der Waals surface area contributed by atoms with Gasteiger partial charge in [0.1, 0.15) is 0 Å². The van der Waals surface area contributed by atoms with Crippen molar-refractivity contribution in [1.29, 1.82) is 0 Å². The number of fused-ring (bicyclic) bond motifs is 1. The molecule has 0 aliphatic heterocycles. The number of hydrogen-bond donors (Lipinski definition) is 0. The molecule has 2 rings (SSSR count). The summed E-state index contributed by atoms with van der Waals surface area (Å²) in [6.45, 7) is 14.5. The van der Waals surface area contributed by atoms with Gasteiger partial charge in [-0.1, -0.05) is 83.4 Å². The Labute approximate surface area is 140 Å². The zero-order valence-corrected chi connectivity index (χ0v) is 15.9. The van der Waals surface area contributed by atoms with E-state index in [1.807, 2.05) is 26.0 Å². The molecule has 1 unspecified atom stereocenters. The highest BCUT2D eigenvalue weighted by atomic mass is 14.4. The summed E-state index contributed by atoms with van der Waals surface area (Å²) < 4.78 is 0. The SMILES string of the molecule is C/C=C/CC.C=C/C=C/C.CC1CC[C@H]2[C@H](CCC[C@@H]2C)C1. The molecule has 0 saturated heterocycles. The summed E-state index contributed by atoms with van der Waals surface area (Å²) >= 11 is 0. The summed E-state index contributed by atoms with van der Waals surface area (Å²) in [6.07, 6.45) is 20.1. The van der Waals surface area contributed by atoms with Crippen molar-refractivity contribution < 1.29 is 0 Å². The first kappa shape index (κ1) is 21.2. The zero-order valence-electron chi connectivity index (χ0n) is 15.9. The predicted molar refractivity (Wildman–Crippen MR) is 103 cm³/mol. The van der Waals surface area contributed by atoms with Gasteiger partial charge in [-0.15, -0.1) is 0 Å². The van der Waals surface area contributed by atoms with Crippen molar-refractivity contribution in [1.82, 2.24) is 0 Å². The first-order valence-electron chi connectivity index (χ1n) is 9.45. The average molecular weight is 305 g/mol. The van der Waals surface area contributed by atoms with Crippen LogP contribution in [0.1, 0.15) is 79.6 Å². The van der Waals surface area contributed by atoms with Gasteiger partial charge in [0, 0.05) is 0 Å². The standard InChI is InChI=1S/C12H22.C5H10.C5H8/c1-9-6-7-12-10(2)4-3-5-11(12)8-9;2*1-3-5-4-2/h9-12H,3-8H2,1-2H3;3,5H,4H2,1-2H3;3-5H,1H2,2H3/b;5-3+;5-4+/t9?,10-,11+,12+;;/m0../s1. The van der Waals surface area contributed by atoms with Crippen molar-refractivity contribution in [3.63, 3.8) is 0 Å². The van der Waals surface area contributed by atoms with Gasteiger partial charge >= 0.3 is 0 Å². The lowest BCUT2D eigenvalue weighted by Gasteiger charge is -2.42. The van der Waals surface area contributed by atoms with Crippen molar-refractivity contribution >= 4 is 0 Å². The molecular weight excluding hydrogens is 264 g/mol. The lowest BCUT2D eigenvalue weighted by atomic mass is 9.64. The molecule has 0 spiro atoms. The molecule has 2 fully saturated rings. The van der Waals surface area contributed by atoms with Crippen LogP contribution in [-0.2, 0) is 0 Å². The molecule has 0 nitrogen and oxygen atoms in total. The second kappa shape index (κ2) is 13.9. The molecule has 0 aromatic rings. The maximum Gasteiger partial charge on any atom is -0.0360 e. The number of allylic oxidation sites excluding steroid dienone is 5. The van der Waals surface area contributed by atoms with Gasteiger partial charge in [0.25, 0.3) is 0 Å². The van der Waals surface area contributed by atoms with Gasteiger partial charge in [-0.3, -0.25) is 0 Å². The van der Waals surface area contributed by atoms with Crippen molar-refractivity contribution in [3.8, 4) is 0 Å². The van der Waals surface area contributed by atoms with Gasteiger partial charge < -0.3 is 0 Å². The van der Waals surface area contributed by atoms with E-state index in [0.717, 1.165) is 30.1 Å². The second-order valence-electron chi connectivity index (χ2n) is 6.99. The van der Waals surface area contributed by atoms with Crippen LogP contribution in [0.25, 0.3) is 0 Å². The Morgan fingerprint density at radius 3 is 2.18 bits per heavy atom. The van der Waals surface area contributed by atoms with Crippen molar-refractivity contribution in [2.24, 2.45) is 23.7 Å². The molecule has 0 bridgehead atoms. The predicted octanol–water partition coefficient (Wildman–Crippen LogP) is 7.58. The molecule has 0 radical (unpaired) electrons. The van der Waals surface area contributed by atoms with Crippen LogP contribution in [0.4, 0.5) is 0 Å². The molecule has 2 aliphatic rings. The van der Waals surface area contributed by atoms with Crippen LogP contribution in [0.2, 0.25) is 0 Å². The fourth-order valence-electron chi connectivity index (χ4n) is 3.89. The zero-order chi connectivity index (χ0) is 16.8. The molecule has 0 heterocycles. The van der Waals surface area contributed by atoms with E-state index >= 15 is 0 Å². The molecule has 4 atom stereocenters. The third-order valence-corrected chi connectivity index (χ3v) is 5.07. The molecule has 0 amide bonds. The van der Waals surface area contributed by atoms with Crippen LogP contribution in [0.3, 0.4) is 0 Å². The molecule has 22 heavy (non-hydrogen) atoms. The summed E-state index contributed by atoms with van der Waals surface area (Å²) in [4.78, 5) is 0. The molecule has 2 aliphatic carbocycles. The van der Waals surface area contributed by atoms with E-state index in [0.29, 0.717) is 0 Å². The van der Waals surface area contributed by atoms with Gasteiger partial charge in [-0.2, -0.15) is 0 Å². The fraction of sp³-hybridized carbons (Fsp3) is 0.727. The highest BCUT2D eigenvalue weighted by molar-refractivity contribution is 4.94. The van der Waals surface area contributed by atoms with E-state index in [4.69, 9.17) is 0 Å². The van der Waals surface area contributed by atoms with Gasteiger partial charge in [-0.25, -0.2) is 0 Å². The summed E-state index contributed by atoms with van der Waals surface area (Å²) in [6, 6.07) is 0. The minimum absolute atomic E-state index is 1.02. The molecule has 0 aromatic heterocycles. The Kier molecular flexibility index (Phi) is 13.4. The molecular formula is C22H40. The Morgan fingerprint density at radius 1 is 1.00 bits per heavy atom. The Balaban J connectivity index is 0.000000372. The summed E-state index contributed by atoms with van der Waals surface area (Å²) in [5.74, 6) is 4.28. The Morgan fingerprint density at radius 2 is 1.73 bits per heavy atom. The minimum Gasteiger partial charge on any atom is -0.0991 e. The normalized spacial score (nSPS) is 30.8. The lowest BCUT2D eigenvalue weighted by molar-refractivity contribution is 0.0892.